The number of furan rings is 1. The molecule has 110 valence electrons. The summed E-state index contributed by atoms with van der Waals surface area (Å²) in [6.45, 7) is 0. The number of aliphatic carboxylic acids is 1. The van der Waals surface area contributed by atoms with Crippen LogP contribution in [0.1, 0.15) is 16.9 Å². The lowest BCUT2D eigenvalue weighted by molar-refractivity contribution is -0.140. The number of rotatable bonds is 6. The highest BCUT2D eigenvalue weighted by Gasteiger charge is 2.24. The second-order valence-electron chi connectivity index (χ2n) is 4.09. The molecular weight excluding hydrogens is 282 g/mol. The molecule has 0 spiro atoms. The Kier molecular flexibility index (Phi) is 4.02. The van der Waals surface area contributed by atoms with E-state index in [-0.39, 0.29) is 11.5 Å². The van der Waals surface area contributed by atoms with Gasteiger partial charge in [0.15, 0.2) is 11.5 Å². The Bertz CT molecular complexity index is 660. The van der Waals surface area contributed by atoms with Crippen molar-refractivity contribution in [2.45, 2.75) is 12.5 Å². The lowest BCUT2D eigenvalue weighted by Crippen LogP contribution is -2.43. The van der Waals surface area contributed by atoms with Crippen molar-refractivity contribution in [1.82, 2.24) is 10.5 Å². The normalized spacial score (nSPS) is 11.8. The van der Waals surface area contributed by atoms with Crippen molar-refractivity contribution in [2.24, 2.45) is 5.73 Å². The Morgan fingerprint density at radius 2 is 2.14 bits per heavy atom. The molecule has 2 heterocycles. The highest BCUT2D eigenvalue weighted by Crippen LogP contribution is 2.20. The van der Waals surface area contributed by atoms with Crippen molar-refractivity contribution >= 4 is 17.8 Å². The molecule has 0 saturated heterocycles. The summed E-state index contributed by atoms with van der Waals surface area (Å²) >= 11 is 0. The lowest BCUT2D eigenvalue weighted by Gasteiger charge is -2.10. The SMILES string of the molecule is NC(=O)C[C@@H](NC(=O)c1cc(-c2ccco2)on1)C(=O)O. The van der Waals surface area contributed by atoms with Gasteiger partial charge in [-0.2, -0.15) is 0 Å². The van der Waals surface area contributed by atoms with Gasteiger partial charge >= 0.3 is 5.97 Å². The van der Waals surface area contributed by atoms with Crippen molar-refractivity contribution in [3.63, 3.8) is 0 Å². The topological polar surface area (TPSA) is 149 Å². The van der Waals surface area contributed by atoms with Crippen LogP contribution in [0.2, 0.25) is 0 Å². The number of carboxylic acids is 1. The molecule has 0 fully saturated rings. The molecule has 0 unspecified atom stereocenters. The molecule has 2 aromatic heterocycles. The highest BCUT2D eigenvalue weighted by molar-refractivity contribution is 5.96. The van der Waals surface area contributed by atoms with Gasteiger partial charge in [0, 0.05) is 6.07 Å². The van der Waals surface area contributed by atoms with E-state index in [9.17, 15) is 14.4 Å². The number of hydrogen-bond donors (Lipinski definition) is 3. The monoisotopic (exact) mass is 293 g/mol. The van der Waals surface area contributed by atoms with Gasteiger partial charge < -0.3 is 25.1 Å². The maximum atomic E-state index is 11.8. The number of carbonyl (C=O) groups is 3. The number of carboxylic acid groups (broad SMARTS) is 1. The Morgan fingerprint density at radius 1 is 1.38 bits per heavy atom. The first kappa shape index (κ1) is 14.3. The number of hydrogen-bond acceptors (Lipinski definition) is 6. The molecular formula is C12H11N3O6. The third-order valence-electron chi connectivity index (χ3n) is 2.52. The average Bonchev–Trinajstić information content (AvgIpc) is 3.08. The van der Waals surface area contributed by atoms with Gasteiger partial charge in [-0.1, -0.05) is 5.16 Å². The van der Waals surface area contributed by atoms with Crippen LogP contribution in [0.4, 0.5) is 0 Å². The zero-order valence-electron chi connectivity index (χ0n) is 10.6. The van der Waals surface area contributed by atoms with E-state index in [0.29, 0.717) is 5.76 Å². The Morgan fingerprint density at radius 3 is 2.71 bits per heavy atom. The van der Waals surface area contributed by atoms with Gasteiger partial charge in [-0.05, 0) is 12.1 Å². The molecule has 9 nitrogen and oxygen atoms in total. The van der Waals surface area contributed by atoms with Crippen molar-refractivity contribution < 1.29 is 28.4 Å². The molecule has 2 rings (SSSR count). The molecule has 2 amide bonds. The minimum absolute atomic E-state index is 0.142. The van der Waals surface area contributed by atoms with Crippen LogP contribution in [0.5, 0.6) is 0 Å². The van der Waals surface area contributed by atoms with Crippen molar-refractivity contribution in [2.75, 3.05) is 0 Å². The van der Waals surface area contributed by atoms with E-state index >= 15 is 0 Å². The maximum absolute atomic E-state index is 11.8. The van der Waals surface area contributed by atoms with Gasteiger partial charge in [0.25, 0.3) is 5.91 Å². The fourth-order valence-corrected chi connectivity index (χ4v) is 1.55. The standard InChI is InChI=1S/C12H11N3O6/c13-10(16)5-7(12(18)19)14-11(17)6-4-9(21-15-6)8-2-1-3-20-8/h1-4,7H,5H2,(H2,13,16)(H,14,17)(H,18,19)/t7-/m1/s1. The molecule has 4 N–H and O–H groups in total. The summed E-state index contributed by atoms with van der Waals surface area (Å²) in [6.07, 6.45) is 0.898. The van der Waals surface area contributed by atoms with Crippen molar-refractivity contribution in [3.8, 4) is 11.5 Å². The van der Waals surface area contributed by atoms with Crippen LogP contribution in [0.25, 0.3) is 11.5 Å². The Labute approximate surface area is 117 Å². The van der Waals surface area contributed by atoms with Crippen LogP contribution in [-0.4, -0.2) is 34.1 Å². The van der Waals surface area contributed by atoms with Crippen molar-refractivity contribution in [1.29, 1.82) is 0 Å². The quantitative estimate of drug-likeness (QED) is 0.678. The van der Waals surface area contributed by atoms with Crippen LogP contribution in [0.3, 0.4) is 0 Å². The molecule has 0 bridgehead atoms. The van der Waals surface area contributed by atoms with E-state index in [1.807, 2.05) is 0 Å². The summed E-state index contributed by atoms with van der Waals surface area (Å²) in [5, 5.41) is 14.5. The zero-order valence-corrected chi connectivity index (χ0v) is 10.6. The second-order valence-corrected chi connectivity index (χ2v) is 4.09. The molecule has 21 heavy (non-hydrogen) atoms. The minimum atomic E-state index is -1.43. The van der Waals surface area contributed by atoms with Gasteiger partial charge in [0.2, 0.25) is 11.7 Å². The number of nitrogens with zero attached hydrogens (tertiary/aromatic N) is 1. The van der Waals surface area contributed by atoms with Gasteiger partial charge in [0.05, 0.1) is 12.7 Å². The predicted octanol–water partition coefficient (Wildman–Crippen LogP) is -0.00700. The first-order valence-electron chi connectivity index (χ1n) is 5.80. The first-order valence-corrected chi connectivity index (χ1v) is 5.80. The first-order chi connectivity index (χ1) is 9.97. The summed E-state index contributed by atoms with van der Waals surface area (Å²) in [5.74, 6) is -2.44. The molecule has 0 aromatic carbocycles. The van der Waals surface area contributed by atoms with Crippen LogP contribution in [-0.2, 0) is 9.59 Å². The van der Waals surface area contributed by atoms with Gasteiger partial charge in [-0.25, -0.2) is 4.79 Å². The number of amides is 2. The fourth-order valence-electron chi connectivity index (χ4n) is 1.55. The smallest absolute Gasteiger partial charge is 0.326 e. The van der Waals surface area contributed by atoms with Crippen molar-refractivity contribution in [3.05, 3.63) is 30.2 Å². The molecule has 0 radical (unpaired) electrons. The van der Waals surface area contributed by atoms with E-state index in [2.05, 4.69) is 10.5 Å². The number of nitrogens with one attached hydrogen (secondary N) is 1. The molecule has 0 aliphatic heterocycles. The third-order valence-corrected chi connectivity index (χ3v) is 2.52. The highest BCUT2D eigenvalue weighted by atomic mass is 16.5. The van der Waals surface area contributed by atoms with E-state index in [0.717, 1.165) is 0 Å². The second kappa shape index (κ2) is 5.90. The Hall–Kier alpha value is -3.10. The lowest BCUT2D eigenvalue weighted by atomic mass is 10.2. The van der Waals surface area contributed by atoms with Crippen LogP contribution >= 0.6 is 0 Å². The maximum Gasteiger partial charge on any atom is 0.326 e. The average molecular weight is 293 g/mol. The molecule has 0 aliphatic carbocycles. The van der Waals surface area contributed by atoms with Gasteiger partial charge in [-0.15, -0.1) is 0 Å². The number of nitrogens with two attached hydrogens (primary N) is 1. The summed E-state index contributed by atoms with van der Waals surface area (Å²) in [5.41, 5.74) is 4.77. The fraction of sp³-hybridized carbons (Fsp3) is 0.167. The van der Waals surface area contributed by atoms with E-state index in [4.69, 9.17) is 19.8 Å². The largest absolute Gasteiger partial charge is 0.480 e. The zero-order chi connectivity index (χ0) is 15.4. The van der Waals surface area contributed by atoms with E-state index in [1.165, 1.54) is 12.3 Å². The van der Waals surface area contributed by atoms with Crippen LogP contribution in [0.15, 0.2) is 33.4 Å². The van der Waals surface area contributed by atoms with Gasteiger partial charge in [0.1, 0.15) is 6.04 Å². The van der Waals surface area contributed by atoms with Crippen LogP contribution < -0.4 is 11.1 Å². The number of carbonyl (C=O) groups excluding carboxylic acids is 2. The van der Waals surface area contributed by atoms with Gasteiger partial charge in [-0.3, -0.25) is 9.59 Å². The molecule has 0 saturated carbocycles. The van der Waals surface area contributed by atoms with Crippen LogP contribution in [0, 0.1) is 0 Å². The Balaban J connectivity index is 2.09. The predicted molar refractivity (Wildman–Crippen MR) is 66.9 cm³/mol. The molecule has 9 heteroatoms. The molecule has 0 aliphatic rings. The molecule has 1 atom stereocenters. The molecule has 2 aromatic rings. The summed E-state index contributed by atoms with van der Waals surface area (Å²) < 4.78 is 9.97. The summed E-state index contributed by atoms with van der Waals surface area (Å²) in [7, 11) is 0. The van der Waals surface area contributed by atoms with E-state index < -0.39 is 30.2 Å². The summed E-state index contributed by atoms with van der Waals surface area (Å²) in [6, 6.07) is 3.09. The third kappa shape index (κ3) is 3.47. The number of primary amides is 1. The summed E-state index contributed by atoms with van der Waals surface area (Å²) in [4.78, 5) is 33.5. The minimum Gasteiger partial charge on any atom is -0.480 e. The van der Waals surface area contributed by atoms with E-state index in [1.54, 1.807) is 12.1 Å². The number of aromatic nitrogens is 1.